The van der Waals surface area contributed by atoms with Gasteiger partial charge in [-0.05, 0) is 18.6 Å². The zero-order valence-corrected chi connectivity index (χ0v) is 14.0. The van der Waals surface area contributed by atoms with Gasteiger partial charge in [-0.25, -0.2) is 13.2 Å². The van der Waals surface area contributed by atoms with E-state index in [2.05, 4.69) is 0 Å². The molecule has 1 heterocycles. The number of hydrogen-bond donors (Lipinski definition) is 0. The van der Waals surface area contributed by atoms with Crippen molar-refractivity contribution in [2.75, 3.05) is 17.3 Å². The minimum atomic E-state index is -5.36. The van der Waals surface area contributed by atoms with E-state index in [1.165, 1.54) is 4.90 Å². The molecule has 3 rings (SSSR count). The topological polar surface area (TPSA) is 3.24 Å². The Morgan fingerprint density at radius 3 is 2.32 bits per heavy atom. The Hall–Kier alpha value is -1.54. The minimum Gasteiger partial charge on any atom is -0.337 e. The highest BCUT2D eigenvalue weighted by Gasteiger charge is 2.44. The Kier molecular flexibility index (Phi) is 4.85. The van der Waals surface area contributed by atoms with E-state index in [0.717, 1.165) is 0 Å². The number of alkyl halides is 4. The number of para-hydroxylation sites is 1. The fourth-order valence-corrected chi connectivity index (χ4v) is 3.90. The molecule has 0 spiro atoms. The highest BCUT2D eigenvalue weighted by molar-refractivity contribution is 7.99. The number of anilines is 2. The van der Waals surface area contributed by atoms with Gasteiger partial charge in [-0.2, -0.15) is 13.2 Å². The zero-order valence-electron chi connectivity index (χ0n) is 12.4. The quantitative estimate of drug-likeness (QED) is 0.337. The summed E-state index contributed by atoms with van der Waals surface area (Å²) in [6.07, 6.45) is -5.04. The normalized spacial score (nSPS) is 13.6. The van der Waals surface area contributed by atoms with Gasteiger partial charge in [0.05, 0.1) is 16.3 Å². The van der Waals surface area contributed by atoms with Crippen molar-refractivity contribution in [2.45, 2.75) is 22.4 Å². The first-order valence-corrected chi connectivity index (χ1v) is 8.50. The SMILES string of the molecule is Fc1c(F)c(C(F)(F)F)c(F)c2c1Sc1ccccc1N2CCCCl. The molecular weight excluding hydrogens is 388 g/mol. The molecule has 0 unspecified atom stereocenters. The summed E-state index contributed by atoms with van der Waals surface area (Å²) in [6.45, 7) is 0.0629. The van der Waals surface area contributed by atoms with Gasteiger partial charge in [-0.3, -0.25) is 0 Å². The van der Waals surface area contributed by atoms with Crippen molar-refractivity contribution in [3.63, 3.8) is 0 Å². The molecule has 0 N–H and O–H groups in total. The van der Waals surface area contributed by atoms with Crippen molar-refractivity contribution in [2.24, 2.45) is 0 Å². The molecule has 2 aromatic carbocycles. The molecule has 134 valence electrons. The van der Waals surface area contributed by atoms with Crippen LogP contribution in [0.2, 0.25) is 0 Å². The maximum absolute atomic E-state index is 14.6. The number of nitrogens with zero attached hydrogens (tertiary/aromatic N) is 1. The molecule has 0 radical (unpaired) electrons. The summed E-state index contributed by atoms with van der Waals surface area (Å²) in [4.78, 5) is 1.20. The number of fused-ring (bicyclic) bond motifs is 2. The Morgan fingerprint density at radius 2 is 1.68 bits per heavy atom. The molecule has 0 bridgehead atoms. The molecule has 1 nitrogen and oxygen atoms in total. The molecule has 1 aliphatic heterocycles. The molecule has 2 aromatic rings. The van der Waals surface area contributed by atoms with Crippen LogP contribution in [0.5, 0.6) is 0 Å². The van der Waals surface area contributed by atoms with Crippen LogP contribution >= 0.6 is 23.4 Å². The molecule has 0 saturated carbocycles. The second kappa shape index (κ2) is 6.64. The average Bonchev–Trinajstić information content (AvgIpc) is 2.55. The fourth-order valence-electron chi connectivity index (χ4n) is 2.66. The third kappa shape index (κ3) is 3.06. The van der Waals surface area contributed by atoms with Crippen molar-refractivity contribution in [1.29, 1.82) is 0 Å². The zero-order chi connectivity index (χ0) is 18.4. The Balaban J connectivity index is 2.29. The van der Waals surface area contributed by atoms with Crippen molar-refractivity contribution < 1.29 is 26.3 Å². The van der Waals surface area contributed by atoms with Crippen molar-refractivity contribution >= 4 is 34.7 Å². The Labute approximate surface area is 148 Å². The van der Waals surface area contributed by atoms with Crippen LogP contribution < -0.4 is 4.90 Å². The van der Waals surface area contributed by atoms with Crippen LogP contribution in [-0.4, -0.2) is 12.4 Å². The predicted octanol–water partition coefficient (Wildman–Crippen LogP) is 6.35. The second-order valence-corrected chi connectivity index (χ2v) is 6.69. The lowest BCUT2D eigenvalue weighted by molar-refractivity contribution is -0.142. The summed E-state index contributed by atoms with van der Waals surface area (Å²) >= 11 is 6.33. The number of benzene rings is 2. The minimum absolute atomic E-state index is 0.0629. The second-order valence-electron chi connectivity index (χ2n) is 5.26. The van der Waals surface area contributed by atoms with Crippen LogP contribution in [-0.2, 0) is 6.18 Å². The third-order valence-corrected chi connectivity index (χ3v) is 5.10. The molecule has 0 saturated heterocycles. The van der Waals surface area contributed by atoms with Crippen LogP contribution in [0.3, 0.4) is 0 Å². The summed E-state index contributed by atoms with van der Waals surface area (Å²) in [5.41, 5.74) is -2.41. The maximum atomic E-state index is 14.6. The van der Waals surface area contributed by atoms with E-state index in [0.29, 0.717) is 28.8 Å². The van der Waals surface area contributed by atoms with Gasteiger partial charge >= 0.3 is 6.18 Å². The largest absolute Gasteiger partial charge is 0.422 e. The molecule has 0 aliphatic carbocycles. The van der Waals surface area contributed by atoms with Crippen molar-refractivity contribution in [3.8, 4) is 0 Å². The third-order valence-electron chi connectivity index (χ3n) is 3.69. The first kappa shape index (κ1) is 18.3. The number of halogens is 7. The first-order valence-electron chi connectivity index (χ1n) is 7.15. The van der Waals surface area contributed by atoms with Crippen LogP contribution in [0.25, 0.3) is 0 Å². The van der Waals surface area contributed by atoms with Gasteiger partial charge in [0.2, 0.25) is 0 Å². The first-order chi connectivity index (χ1) is 11.8. The lowest BCUT2D eigenvalue weighted by atomic mass is 10.1. The number of rotatable bonds is 3. The average molecular weight is 398 g/mol. The van der Waals surface area contributed by atoms with Crippen LogP contribution in [0.15, 0.2) is 34.1 Å². The van der Waals surface area contributed by atoms with Gasteiger partial charge in [0.15, 0.2) is 17.5 Å². The summed E-state index contributed by atoms with van der Waals surface area (Å²) < 4.78 is 82.0. The Morgan fingerprint density at radius 1 is 1.00 bits per heavy atom. The molecule has 25 heavy (non-hydrogen) atoms. The molecule has 1 aliphatic rings. The van der Waals surface area contributed by atoms with Crippen LogP contribution in [0.1, 0.15) is 12.0 Å². The van der Waals surface area contributed by atoms with Crippen molar-refractivity contribution in [1.82, 2.24) is 0 Å². The van der Waals surface area contributed by atoms with Gasteiger partial charge in [-0.1, -0.05) is 23.9 Å². The van der Waals surface area contributed by atoms with E-state index >= 15 is 0 Å². The van der Waals surface area contributed by atoms with Crippen LogP contribution in [0.4, 0.5) is 37.7 Å². The highest BCUT2D eigenvalue weighted by Crippen LogP contribution is 2.53. The maximum Gasteiger partial charge on any atom is 0.422 e. The summed E-state index contributed by atoms with van der Waals surface area (Å²) in [7, 11) is 0. The highest BCUT2D eigenvalue weighted by atomic mass is 35.5. The lowest BCUT2D eigenvalue weighted by Crippen LogP contribution is -2.26. The van der Waals surface area contributed by atoms with E-state index in [4.69, 9.17) is 11.6 Å². The van der Waals surface area contributed by atoms with E-state index in [9.17, 15) is 26.3 Å². The molecule has 0 aromatic heterocycles. The smallest absolute Gasteiger partial charge is 0.337 e. The van der Waals surface area contributed by atoms with E-state index < -0.39 is 39.8 Å². The van der Waals surface area contributed by atoms with Gasteiger partial charge in [0.1, 0.15) is 5.56 Å². The molecule has 0 amide bonds. The van der Waals surface area contributed by atoms with Crippen LogP contribution in [0, 0.1) is 17.5 Å². The monoisotopic (exact) mass is 397 g/mol. The molecular formula is C16H10ClF6NS. The van der Waals surface area contributed by atoms with E-state index in [-0.39, 0.29) is 12.4 Å². The van der Waals surface area contributed by atoms with E-state index in [1.807, 2.05) is 0 Å². The fraction of sp³-hybridized carbons (Fsp3) is 0.250. The molecule has 0 atom stereocenters. The van der Waals surface area contributed by atoms with Gasteiger partial charge in [0, 0.05) is 17.3 Å². The van der Waals surface area contributed by atoms with Gasteiger partial charge < -0.3 is 4.90 Å². The number of hydrogen-bond acceptors (Lipinski definition) is 2. The summed E-state index contributed by atoms with van der Waals surface area (Å²) in [5, 5.41) is 0. The summed E-state index contributed by atoms with van der Waals surface area (Å²) in [6, 6.07) is 6.45. The summed E-state index contributed by atoms with van der Waals surface area (Å²) in [5.74, 6) is -5.58. The van der Waals surface area contributed by atoms with Crippen molar-refractivity contribution in [3.05, 3.63) is 47.3 Å². The standard InChI is InChI=1S/C16H10ClF6NS/c17-6-3-7-24-8-4-1-2-5-9(8)25-15-13(20)11(18)10(16(21,22)23)12(19)14(15)24/h1-2,4-5H,3,6-7H2. The van der Waals surface area contributed by atoms with E-state index in [1.54, 1.807) is 24.3 Å². The van der Waals surface area contributed by atoms with Gasteiger partial charge in [0.25, 0.3) is 0 Å². The molecule has 9 heteroatoms. The molecule has 0 fully saturated rings. The van der Waals surface area contributed by atoms with Gasteiger partial charge in [-0.15, -0.1) is 11.6 Å². The Bertz CT molecular complexity index is 823. The predicted molar refractivity (Wildman–Crippen MR) is 84.2 cm³/mol. The lowest BCUT2D eigenvalue weighted by Gasteiger charge is -2.34.